The van der Waals surface area contributed by atoms with Gasteiger partial charge in [-0.05, 0) is 133 Å². The van der Waals surface area contributed by atoms with Crippen LogP contribution in [-0.4, -0.2) is 194 Å². The monoisotopic (exact) mass is 1960 g/mol. The van der Waals surface area contributed by atoms with Crippen LogP contribution in [0.15, 0.2) is 219 Å². The number of morpholine rings is 4. The van der Waals surface area contributed by atoms with Crippen LogP contribution in [0.3, 0.4) is 0 Å². The molecule has 16 heterocycles. The fraction of sp³-hybridized carbons (Fsp3) is 0.253. The second-order valence-corrected chi connectivity index (χ2v) is 36.7. The number of nitrogens with one attached hydrogen (secondary N) is 3. The summed E-state index contributed by atoms with van der Waals surface area (Å²) < 4.78 is 105. The van der Waals surface area contributed by atoms with E-state index in [1.54, 1.807) is 67.1 Å². The topological polar surface area (TPSA) is 395 Å². The van der Waals surface area contributed by atoms with Gasteiger partial charge in [-0.25, -0.2) is 22.4 Å². The van der Waals surface area contributed by atoms with Crippen LogP contribution in [0, 0.1) is 43.5 Å². The number of hydrogen-bond acceptors (Lipinski definition) is 32. The second kappa shape index (κ2) is 46.4. The molecule has 0 radical (unpaired) electrons. The summed E-state index contributed by atoms with van der Waals surface area (Å²) in [6, 6.07) is 45.8. The van der Waals surface area contributed by atoms with Crippen molar-refractivity contribution in [3.63, 3.8) is 0 Å². The van der Waals surface area contributed by atoms with E-state index in [-0.39, 0.29) is 46.4 Å². The Morgan fingerprint density at radius 2 is 0.763 bits per heavy atom. The number of pyridine rings is 8. The van der Waals surface area contributed by atoms with Crippen molar-refractivity contribution < 1.29 is 74.9 Å². The molecule has 7 N–H and O–H groups in total. The van der Waals surface area contributed by atoms with E-state index in [9.17, 15) is 47.4 Å². The van der Waals surface area contributed by atoms with Gasteiger partial charge >= 0.3 is 6.03 Å². The number of non-ortho nitro benzene ring substituents is 2. The first-order valence-corrected chi connectivity index (χ1v) is 47.8. The van der Waals surface area contributed by atoms with Crippen LogP contribution < -0.4 is 46.4 Å². The minimum absolute atomic E-state index is 0.0705. The van der Waals surface area contributed by atoms with Gasteiger partial charge in [-0.1, -0.05) is 18.2 Å². The van der Waals surface area contributed by atoms with E-state index < -0.39 is 33.1 Å². The molecule has 139 heavy (non-hydrogen) atoms. The fourth-order valence-corrected chi connectivity index (χ4v) is 18.6. The predicted octanol–water partition coefficient (Wildman–Crippen LogP) is 19.9. The number of aldehydes is 1. The molecule has 714 valence electrons. The lowest BCUT2D eigenvalue weighted by Crippen LogP contribution is -2.35. The number of carbonyl (C=O) groups is 2. The van der Waals surface area contributed by atoms with Crippen molar-refractivity contribution in [3.8, 4) is 88.3 Å². The maximum atomic E-state index is 14.8. The zero-order valence-electron chi connectivity index (χ0n) is 74.6. The van der Waals surface area contributed by atoms with Crippen molar-refractivity contribution >= 4 is 121 Å². The molecule has 12 aromatic heterocycles. The molecule has 2 aliphatic carbocycles. The van der Waals surface area contributed by atoms with Gasteiger partial charge in [0.15, 0.2) is 52.6 Å². The van der Waals surface area contributed by atoms with Gasteiger partial charge in [0, 0.05) is 199 Å². The minimum atomic E-state index is -0.831. The molecule has 6 aliphatic rings. The zero-order chi connectivity index (χ0) is 96.1. The fourth-order valence-electron chi connectivity index (χ4n) is 14.4. The lowest BCUT2D eigenvalue weighted by atomic mass is 10.2. The number of ether oxygens (including phenoxy) is 8. The number of amides is 2. The van der Waals surface area contributed by atoms with E-state index in [4.69, 9.17) is 49.4 Å². The molecule has 0 atom stereocenters. The van der Waals surface area contributed by atoms with E-state index in [2.05, 4.69) is 88.7 Å². The first-order valence-electron chi connectivity index (χ1n) is 44.5. The summed E-state index contributed by atoms with van der Waals surface area (Å²) >= 11 is 5.82. The Bertz CT molecular complexity index is 6960. The molecular weight excluding hydrogens is 1870 g/mol. The molecule has 4 saturated heterocycles. The third-order valence-electron chi connectivity index (χ3n) is 22.1. The van der Waals surface area contributed by atoms with Crippen LogP contribution in [0.4, 0.5) is 45.1 Å². The molecule has 2 saturated carbocycles. The van der Waals surface area contributed by atoms with Crippen LogP contribution in [0.1, 0.15) is 52.7 Å². The smallest absolute Gasteiger partial charge is 0.319 e. The Kier molecular flexibility index (Phi) is 32.3. The number of fused-ring (bicyclic) bond motifs is 4. The SMILES string of the molecule is C1COCCN1.NC1CC1.Nc1ccc(Oc2ccnc3cc(-c4ccc(CN5CCOCC5)cn4)sc23)c(F)c1.O=C(Nc1ccc(Oc2ccnc3cc(-c4ccc(CN5CCOCC5)cn4)sc23)c(F)c1)NC1CC1.O=Cc1ccc(-c2cc3nccc(Oc4ccc([N+](=O)[O-])cc4F)c3s2)nc1.O=[N+]([O-])c1ccc(Oc2ccnc3cc(-c4ccc(CN5CCOCC5)cn4)sc23)c(F)c1. The molecular formula is C99H92F4N18O14S4. The highest BCUT2D eigenvalue weighted by Crippen LogP contribution is 2.45. The number of nitrogen functional groups attached to an aromatic ring is 1. The number of rotatable bonds is 23. The van der Waals surface area contributed by atoms with Crippen molar-refractivity contribution in [1.82, 2.24) is 65.2 Å². The third kappa shape index (κ3) is 26.5. The van der Waals surface area contributed by atoms with Gasteiger partial charge in [-0.2, -0.15) is 0 Å². The lowest BCUT2D eigenvalue weighted by Gasteiger charge is -2.26. The van der Waals surface area contributed by atoms with E-state index in [0.717, 1.165) is 223 Å². The molecule has 0 unspecified atom stereocenters. The average Bonchev–Trinajstić information content (AvgIpc) is 1.66. The van der Waals surface area contributed by atoms with Gasteiger partial charge in [0.05, 0.1) is 158 Å². The van der Waals surface area contributed by atoms with Gasteiger partial charge in [-0.15, -0.1) is 45.3 Å². The predicted molar refractivity (Wildman–Crippen MR) is 525 cm³/mol. The van der Waals surface area contributed by atoms with Crippen molar-refractivity contribution in [2.75, 3.05) is 116 Å². The van der Waals surface area contributed by atoms with E-state index >= 15 is 0 Å². The van der Waals surface area contributed by atoms with E-state index in [0.29, 0.717) is 73.7 Å². The highest BCUT2D eigenvalue weighted by Gasteiger charge is 2.26. The normalized spacial score (nSPS) is 14.9. The Hall–Kier alpha value is -14.0. The van der Waals surface area contributed by atoms with Crippen LogP contribution in [-0.2, 0) is 38.6 Å². The quantitative estimate of drug-likeness (QED) is 0.0130. The lowest BCUT2D eigenvalue weighted by molar-refractivity contribution is -0.385. The van der Waals surface area contributed by atoms with Crippen molar-refractivity contribution in [1.29, 1.82) is 0 Å². The number of aromatic nitrogens is 8. The summed E-state index contributed by atoms with van der Waals surface area (Å²) in [7, 11) is 0. The summed E-state index contributed by atoms with van der Waals surface area (Å²) in [5.41, 5.74) is 20.9. The molecule has 2 amide bonds. The molecule has 0 spiro atoms. The molecule has 0 bridgehead atoms. The van der Waals surface area contributed by atoms with Crippen LogP contribution >= 0.6 is 45.3 Å². The van der Waals surface area contributed by atoms with Gasteiger partial charge in [0.25, 0.3) is 11.4 Å². The molecule has 16 aromatic rings. The Labute approximate surface area is 809 Å². The molecule has 32 nitrogen and oxygen atoms in total. The number of urea groups is 1. The van der Waals surface area contributed by atoms with Gasteiger partial charge in [0.1, 0.15) is 23.0 Å². The van der Waals surface area contributed by atoms with Crippen molar-refractivity contribution in [2.45, 2.75) is 57.4 Å². The first kappa shape index (κ1) is 96.7. The van der Waals surface area contributed by atoms with Gasteiger partial charge in [-0.3, -0.25) is 79.6 Å². The molecule has 6 fully saturated rings. The number of nitro groups is 2. The highest BCUT2D eigenvalue weighted by atomic mass is 32.1. The summed E-state index contributed by atoms with van der Waals surface area (Å²) in [5, 5.41) is 30.2. The van der Waals surface area contributed by atoms with Gasteiger partial charge in [0.2, 0.25) is 0 Å². The maximum absolute atomic E-state index is 14.8. The Balaban J connectivity index is 0.000000124. The summed E-state index contributed by atoms with van der Waals surface area (Å²) in [4.78, 5) is 89.4. The third-order valence-corrected chi connectivity index (χ3v) is 26.7. The Morgan fingerprint density at radius 3 is 1.05 bits per heavy atom. The first-order chi connectivity index (χ1) is 67.8. The summed E-state index contributed by atoms with van der Waals surface area (Å²) in [6.45, 7) is 16.6. The second-order valence-electron chi connectivity index (χ2n) is 32.5. The summed E-state index contributed by atoms with van der Waals surface area (Å²) in [6.07, 6.45) is 18.8. The zero-order valence-corrected chi connectivity index (χ0v) is 77.9. The van der Waals surface area contributed by atoms with Crippen molar-refractivity contribution in [2.24, 2.45) is 5.73 Å². The average molecular weight is 1960 g/mol. The number of thiophene rings is 4. The number of hydrogen-bond donors (Lipinski definition) is 5. The Morgan fingerprint density at radius 1 is 0.424 bits per heavy atom. The minimum Gasteiger partial charge on any atom is -0.453 e. The van der Waals surface area contributed by atoms with Crippen molar-refractivity contribution in [3.05, 3.63) is 285 Å². The van der Waals surface area contributed by atoms with Crippen LogP contribution in [0.5, 0.6) is 46.0 Å². The largest absolute Gasteiger partial charge is 0.453 e. The van der Waals surface area contributed by atoms with E-state index in [1.165, 1.54) is 125 Å². The highest BCUT2D eigenvalue weighted by molar-refractivity contribution is 7.23. The number of halogens is 4. The van der Waals surface area contributed by atoms with Crippen LogP contribution in [0.2, 0.25) is 0 Å². The molecule has 22 rings (SSSR count). The summed E-state index contributed by atoms with van der Waals surface area (Å²) in [5.74, 6) is -0.858. The number of nitrogens with zero attached hydrogens (tertiary/aromatic N) is 13. The number of nitrogens with two attached hydrogens (primary N) is 2. The molecule has 4 aliphatic heterocycles. The van der Waals surface area contributed by atoms with E-state index in [1.807, 2.05) is 61.1 Å². The van der Waals surface area contributed by atoms with Gasteiger partial charge < -0.3 is 65.3 Å². The number of nitro benzene ring substituents is 2. The number of anilines is 2. The number of benzene rings is 4. The molecule has 40 heteroatoms. The van der Waals surface area contributed by atoms with Crippen LogP contribution in [0.25, 0.3) is 83.2 Å². The standard InChI is InChI=1S/C27H26FN5O3S.C23H19FN4O4S.C23H21FN4O2S.C19H10FN3O4S.C4H9NO.C3H7N/c28-20-13-19(32-27(34)31-18-2-3-18)4-6-23(20)36-24-7-8-29-22-14-25(37-26(22)24)21-5-1-17(15-30-21)16-33-9-11-35-12-10-33;24-17-11-16(28(29)30)2-4-20(17)32-21-5-6-25-19-12-22(33-23(19)21)18-3-1-15(13-26-18)14-27-7-9-31-10-8-27;24-17-11-16(25)2-4-20(17)30-21-5-6-26-19-12-22(31-23(19)21)18-3-1-15(13-27-18)14-28-7-9-29-10-8-28;20-13-7-12(23(25)26)2-4-16(13)27-17-5-6-21-15-8-18(28-19(15)17)14-3-1-11(10-24)9-22-14;1-3-6-4-2-5-1;4-3-1-2-3/h1,4-8,13-15,18H,2-3,9-12,16H2,(H2,31,32,34);1-6,11-13H,7-10,14H2;1-6,11-13H,7-10,14,25H2;1-10H;5H,1-4H2;3H,1-2,4H2. The number of carbonyl (C=O) groups excluding carboxylic acids is 2. The molecule has 4 aromatic carbocycles. The maximum Gasteiger partial charge on any atom is 0.319 e.